The third-order valence-electron chi connectivity index (χ3n) is 3.36. The van der Waals surface area contributed by atoms with E-state index >= 15 is 0 Å². The van der Waals surface area contributed by atoms with E-state index in [-0.39, 0.29) is 11.9 Å². The van der Waals surface area contributed by atoms with Gasteiger partial charge in [-0.05, 0) is 39.8 Å². The zero-order chi connectivity index (χ0) is 16.6. The van der Waals surface area contributed by atoms with Crippen LogP contribution in [0.25, 0.3) is 10.8 Å². The summed E-state index contributed by atoms with van der Waals surface area (Å²) in [6, 6.07) is 5.70. The number of thiazole rings is 1. The fraction of sp³-hybridized carbons (Fsp3) is 0.312. The summed E-state index contributed by atoms with van der Waals surface area (Å²) in [6.07, 6.45) is 1.67. The molecule has 0 saturated carbocycles. The Kier molecular flexibility index (Phi) is 4.04. The highest BCUT2D eigenvalue weighted by molar-refractivity contribution is 7.17. The van der Waals surface area contributed by atoms with E-state index in [0.29, 0.717) is 27.2 Å². The largest absolute Gasteiger partial charge is 0.459 e. The smallest absolute Gasteiger partial charge is 0.268 e. The van der Waals surface area contributed by atoms with Crippen molar-refractivity contribution in [1.29, 1.82) is 0 Å². The van der Waals surface area contributed by atoms with Crippen LogP contribution in [0.4, 0.5) is 5.82 Å². The van der Waals surface area contributed by atoms with Gasteiger partial charge in [-0.3, -0.25) is 4.79 Å². The number of furan rings is 1. The van der Waals surface area contributed by atoms with Crippen LogP contribution < -0.4 is 5.32 Å². The maximum absolute atomic E-state index is 12.5. The Balaban J connectivity index is 1.85. The molecule has 0 atom stereocenters. The zero-order valence-corrected chi connectivity index (χ0v) is 14.3. The van der Waals surface area contributed by atoms with Crippen molar-refractivity contribution in [3.63, 3.8) is 0 Å². The van der Waals surface area contributed by atoms with Gasteiger partial charge >= 0.3 is 0 Å². The summed E-state index contributed by atoms with van der Waals surface area (Å²) < 4.78 is 7.35. The maximum atomic E-state index is 12.5. The van der Waals surface area contributed by atoms with Crippen molar-refractivity contribution < 1.29 is 9.21 Å². The van der Waals surface area contributed by atoms with E-state index in [9.17, 15) is 4.79 Å². The van der Waals surface area contributed by atoms with Crippen LogP contribution in [0.15, 0.2) is 28.8 Å². The highest BCUT2D eigenvalue weighted by atomic mass is 32.1. The fourth-order valence-electron chi connectivity index (χ4n) is 2.26. The highest BCUT2D eigenvalue weighted by Crippen LogP contribution is 2.29. The number of nitrogens with zero attached hydrogens (tertiary/aromatic N) is 3. The Morgan fingerprint density at radius 3 is 2.74 bits per heavy atom. The molecule has 1 N–H and O–H groups in total. The van der Waals surface area contributed by atoms with E-state index in [1.54, 1.807) is 16.9 Å². The molecular weight excluding hydrogens is 312 g/mol. The van der Waals surface area contributed by atoms with Gasteiger partial charge in [-0.2, -0.15) is 5.10 Å². The van der Waals surface area contributed by atoms with Crippen LogP contribution >= 0.6 is 11.3 Å². The number of amides is 1. The molecule has 0 aliphatic rings. The molecule has 3 heterocycles. The van der Waals surface area contributed by atoms with Crippen LogP contribution in [-0.2, 0) is 0 Å². The minimum absolute atomic E-state index is 0.171. The molecule has 0 bridgehead atoms. The number of hydrogen-bond donors (Lipinski definition) is 1. The molecular formula is C16H18N4O2S. The Bertz CT molecular complexity index is 844. The summed E-state index contributed by atoms with van der Waals surface area (Å²) in [4.78, 5) is 17.6. The fourth-order valence-corrected chi connectivity index (χ4v) is 3.18. The first-order valence-corrected chi connectivity index (χ1v) is 8.16. The number of carbonyl (C=O) groups is 1. The summed E-state index contributed by atoms with van der Waals surface area (Å²) in [7, 11) is 0. The molecule has 1 amide bonds. The molecule has 23 heavy (non-hydrogen) atoms. The molecule has 3 aromatic rings. The van der Waals surface area contributed by atoms with Gasteiger partial charge in [0.15, 0.2) is 10.8 Å². The molecule has 7 heteroatoms. The monoisotopic (exact) mass is 330 g/mol. The number of aryl methyl sites for hydroxylation is 2. The van der Waals surface area contributed by atoms with E-state index in [2.05, 4.69) is 15.4 Å². The van der Waals surface area contributed by atoms with Crippen molar-refractivity contribution in [1.82, 2.24) is 14.8 Å². The summed E-state index contributed by atoms with van der Waals surface area (Å²) >= 11 is 1.32. The Labute approximate surface area is 138 Å². The van der Waals surface area contributed by atoms with E-state index in [4.69, 9.17) is 4.42 Å². The van der Waals surface area contributed by atoms with Gasteiger partial charge in [0, 0.05) is 12.1 Å². The number of hydrogen-bond acceptors (Lipinski definition) is 5. The van der Waals surface area contributed by atoms with E-state index in [0.717, 1.165) is 5.76 Å². The van der Waals surface area contributed by atoms with Crippen LogP contribution in [-0.4, -0.2) is 20.7 Å². The van der Waals surface area contributed by atoms with Gasteiger partial charge in [0.1, 0.15) is 16.5 Å². The van der Waals surface area contributed by atoms with Crippen molar-refractivity contribution in [2.75, 3.05) is 5.32 Å². The zero-order valence-electron chi connectivity index (χ0n) is 13.5. The summed E-state index contributed by atoms with van der Waals surface area (Å²) in [5, 5.41) is 7.82. The SMILES string of the molecule is Cc1ccc(-c2nc(C)c(C(=O)Nc3ccnn3C(C)C)s2)o1. The molecule has 120 valence electrons. The molecule has 0 unspecified atom stereocenters. The predicted octanol–water partition coefficient (Wildman–Crippen LogP) is 4.05. The predicted molar refractivity (Wildman–Crippen MR) is 89.9 cm³/mol. The molecule has 3 aromatic heterocycles. The number of nitrogens with one attached hydrogen (secondary N) is 1. The minimum Gasteiger partial charge on any atom is -0.459 e. The number of carbonyl (C=O) groups excluding carboxylic acids is 1. The first-order chi connectivity index (χ1) is 11.0. The van der Waals surface area contributed by atoms with Gasteiger partial charge in [0.2, 0.25) is 0 Å². The maximum Gasteiger partial charge on any atom is 0.268 e. The van der Waals surface area contributed by atoms with Crippen LogP contribution in [0.1, 0.15) is 41.0 Å². The second-order valence-corrected chi connectivity index (χ2v) is 6.55. The minimum atomic E-state index is -0.183. The average molecular weight is 330 g/mol. The lowest BCUT2D eigenvalue weighted by Crippen LogP contribution is -2.16. The van der Waals surface area contributed by atoms with Crippen LogP contribution in [0.5, 0.6) is 0 Å². The molecule has 0 aromatic carbocycles. The number of rotatable bonds is 4. The standard InChI is InChI=1S/C16H18N4O2S/c1-9(2)20-13(7-8-17-20)19-15(21)14-11(4)18-16(23-14)12-6-5-10(3)22-12/h5-9H,1-4H3,(H,19,21). The lowest BCUT2D eigenvalue weighted by atomic mass is 10.3. The highest BCUT2D eigenvalue weighted by Gasteiger charge is 2.19. The van der Waals surface area contributed by atoms with Crippen molar-refractivity contribution in [2.45, 2.75) is 33.7 Å². The molecule has 0 spiro atoms. The quantitative estimate of drug-likeness (QED) is 0.783. The van der Waals surface area contributed by atoms with Gasteiger partial charge in [-0.15, -0.1) is 11.3 Å². The van der Waals surface area contributed by atoms with Crippen LogP contribution in [0.2, 0.25) is 0 Å². The second-order valence-electron chi connectivity index (χ2n) is 5.55. The molecule has 0 aliphatic carbocycles. The van der Waals surface area contributed by atoms with Crippen molar-refractivity contribution >= 4 is 23.1 Å². The van der Waals surface area contributed by atoms with Crippen LogP contribution in [0.3, 0.4) is 0 Å². The Hall–Kier alpha value is -2.41. The second kappa shape index (κ2) is 6.00. The van der Waals surface area contributed by atoms with Crippen LogP contribution in [0, 0.1) is 13.8 Å². The lowest BCUT2D eigenvalue weighted by molar-refractivity contribution is 0.102. The normalized spacial score (nSPS) is 11.2. The van der Waals surface area contributed by atoms with E-state index < -0.39 is 0 Å². The lowest BCUT2D eigenvalue weighted by Gasteiger charge is -2.11. The van der Waals surface area contributed by atoms with Gasteiger partial charge in [0.25, 0.3) is 5.91 Å². The third-order valence-corrected chi connectivity index (χ3v) is 4.53. The molecule has 3 rings (SSSR count). The summed E-state index contributed by atoms with van der Waals surface area (Å²) in [5.41, 5.74) is 0.687. The first-order valence-electron chi connectivity index (χ1n) is 7.35. The van der Waals surface area contributed by atoms with Crippen molar-refractivity contribution in [3.05, 3.63) is 40.7 Å². The van der Waals surface area contributed by atoms with Crippen molar-refractivity contribution in [2.24, 2.45) is 0 Å². The van der Waals surface area contributed by atoms with Gasteiger partial charge in [0.05, 0.1) is 11.9 Å². The summed E-state index contributed by atoms with van der Waals surface area (Å²) in [5.74, 6) is 1.99. The first kappa shape index (κ1) is 15.5. The molecule has 0 fully saturated rings. The Morgan fingerprint density at radius 2 is 2.09 bits per heavy atom. The molecule has 6 nitrogen and oxygen atoms in total. The van der Waals surface area contributed by atoms with E-state index in [1.807, 2.05) is 39.8 Å². The van der Waals surface area contributed by atoms with Crippen molar-refractivity contribution in [3.8, 4) is 10.8 Å². The molecule has 0 radical (unpaired) electrons. The third kappa shape index (κ3) is 3.05. The topological polar surface area (TPSA) is 73.0 Å². The summed E-state index contributed by atoms with van der Waals surface area (Å²) in [6.45, 7) is 7.73. The number of aromatic nitrogens is 3. The number of anilines is 1. The van der Waals surface area contributed by atoms with Gasteiger partial charge in [-0.25, -0.2) is 9.67 Å². The average Bonchev–Trinajstić information content (AvgIpc) is 3.18. The van der Waals surface area contributed by atoms with E-state index in [1.165, 1.54) is 11.3 Å². The Morgan fingerprint density at radius 1 is 1.30 bits per heavy atom. The molecule has 0 saturated heterocycles. The molecule has 0 aliphatic heterocycles. The van der Waals surface area contributed by atoms with Gasteiger partial charge < -0.3 is 9.73 Å². The van der Waals surface area contributed by atoms with Gasteiger partial charge in [-0.1, -0.05) is 0 Å².